The summed E-state index contributed by atoms with van der Waals surface area (Å²) >= 11 is 0. The summed E-state index contributed by atoms with van der Waals surface area (Å²) in [6.07, 6.45) is 1.13. The second-order valence-corrected chi connectivity index (χ2v) is 3.06. The molecule has 0 spiro atoms. The van der Waals surface area contributed by atoms with Crippen molar-refractivity contribution in [3.05, 3.63) is 23.7 Å². The summed E-state index contributed by atoms with van der Waals surface area (Å²) in [7, 11) is -1.98. The highest BCUT2D eigenvalue weighted by atomic mass is 31.1. The number of hydrogen-bond donors (Lipinski definition) is 1. The fourth-order valence-electron chi connectivity index (χ4n) is 0.498. The van der Waals surface area contributed by atoms with Gasteiger partial charge in [0, 0.05) is 11.6 Å². The number of carboxylic acids is 1. The van der Waals surface area contributed by atoms with Gasteiger partial charge in [-0.3, -0.25) is 0 Å². The van der Waals surface area contributed by atoms with Crippen LogP contribution in [0.25, 0.3) is 0 Å². The van der Waals surface area contributed by atoms with E-state index in [4.69, 9.17) is 5.11 Å². The van der Waals surface area contributed by atoms with Gasteiger partial charge in [0.1, 0.15) is 7.80 Å². The minimum absolute atomic E-state index is 0.258. The van der Waals surface area contributed by atoms with Gasteiger partial charge in [-0.25, -0.2) is 4.79 Å². The van der Waals surface area contributed by atoms with Gasteiger partial charge in [0.2, 0.25) is 5.76 Å². The molecule has 0 aromatic rings. The van der Waals surface area contributed by atoms with Crippen molar-refractivity contribution in [2.24, 2.45) is 0 Å². The van der Waals surface area contributed by atoms with Crippen LogP contribution in [0.15, 0.2) is 23.7 Å². The molecule has 0 aromatic heterocycles. The largest absolute Gasteiger partial charge is 0.475 e. The molecule has 1 atom stereocenters. The van der Waals surface area contributed by atoms with E-state index in [9.17, 15) is 9.36 Å². The third kappa shape index (κ3) is 1.48. The molecule has 0 aromatic carbocycles. The van der Waals surface area contributed by atoms with Crippen LogP contribution >= 0.6 is 7.80 Å². The van der Waals surface area contributed by atoms with Gasteiger partial charge in [-0.1, -0.05) is 0 Å². The number of carbonyl (C=O) groups is 1. The zero-order valence-electron chi connectivity index (χ0n) is 4.90. The number of carboxylic acid groups (broad SMARTS) is 1. The Morgan fingerprint density at radius 3 is 2.80 bits per heavy atom. The molecule has 0 bridgehead atoms. The molecule has 0 fully saturated rings. The van der Waals surface area contributed by atoms with E-state index in [1.165, 1.54) is 5.82 Å². The van der Waals surface area contributed by atoms with Gasteiger partial charge in [0.05, 0.1) is 6.26 Å². The molecule has 1 unspecified atom stereocenters. The smallest absolute Gasteiger partial charge is 0.371 e. The summed E-state index contributed by atoms with van der Waals surface area (Å²) in [6.45, 7) is 0. The van der Waals surface area contributed by atoms with E-state index >= 15 is 0 Å². The summed E-state index contributed by atoms with van der Waals surface area (Å²) in [4.78, 5) is 10.2. The van der Waals surface area contributed by atoms with E-state index < -0.39 is 13.8 Å². The highest BCUT2D eigenvalue weighted by Gasteiger charge is 2.11. The first kappa shape index (κ1) is 7.09. The van der Waals surface area contributed by atoms with Crippen molar-refractivity contribution in [1.82, 2.24) is 0 Å². The zero-order chi connectivity index (χ0) is 7.56. The van der Waals surface area contributed by atoms with Gasteiger partial charge in [-0.15, -0.1) is 0 Å². The van der Waals surface area contributed by atoms with E-state index in [0.717, 1.165) is 12.1 Å². The first-order valence-corrected chi connectivity index (χ1v) is 4.08. The Morgan fingerprint density at radius 2 is 2.40 bits per heavy atom. The van der Waals surface area contributed by atoms with Crippen LogP contribution in [-0.4, -0.2) is 11.1 Å². The molecule has 1 aliphatic rings. The molecule has 5 heteroatoms. The number of ether oxygens (including phenoxy) is 1. The fourth-order valence-corrected chi connectivity index (χ4v) is 1.25. The number of rotatable bonds is 1. The Hall–Kier alpha value is -1.02. The fraction of sp³-hybridized carbons (Fsp3) is 0. The Kier molecular flexibility index (Phi) is 1.92. The molecular formula is C5H5O4P. The van der Waals surface area contributed by atoms with Gasteiger partial charge in [0.25, 0.3) is 0 Å². The predicted molar refractivity (Wildman–Crippen MR) is 34.9 cm³/mol. The molecule has 1 heterocycles. The maximum atomic E-state index is 10.7. The number of hydrogen-bond acceptors (Lipinski definition) is 3. The monoisotopic (exact) mass is 160 g/mol. The van der Waals surface area contributed by atoms with Crippen LogP contribution in [-0.2, 0) is 14.1 Å². The van der Waals surface area contributed by atoms with Gasteiger partial charge in [-0.2, -0.15) is 0 Å². The van der Waals surface area contributed by atoms with Crippen molar-refractivity contribution >= 4 is 13.8 Å². The molecule has 4 nitrogen and oxygen atoms in total. The van der Waals surface area contributed by atoms with Crippen molar-refractivity contribution in [3.63, 3.8) is 0 Å². The Labute approximate surface area is 57.6 Å². The first-order valence-electron chi connectivity index (χ1n) is 2.52. The van der Waals surface area contributed by atoms with E-state index in [1.54, 1.807) is 0 Å². The zero-order valence-corrected chi connectivity index (χ0v) is 5.90. The quantitative estimate of drug-likeness (QED) is 0.580. The first-order chi connectivity index (χ1) is 4.70. The molecule has 54 valence electrons. The molecular weight excluding hydrogens is 155 g/mol. The lowest BCUT2D eigenvalue weighted by Gasteiger charge is -2.02. The molecule has 0 amide bonds. The summed E-state index contributed by atoms with van der Waals surface area (Å²) in [6, 6.07) is 0. The third-order valence-corrected chi connectivity index (χ3v) is 1.92. The predicted octanol–water partition coefficient (Wildman–Crippen LogP) is 0.974. The molecule has 0 radical (unpaired) electrons. The van der Waals surface area contributed by atoms with E-state index in [-0.39, 0.29) is 5.76 Å². The normalized spacial score (nSPS) is 23.2. The van der Waals surface area contributed by atoms with Crippen molar-refractivity contribution in [2.45, 2.75) is 0 Å². The van der Waals surface area contributed by atoms with Crippen molar-refractivity contribution in [2.75, 3.05) is 0 Å². The standard InChI is InChI=1S/C5H5O4P/c6-5(7)4-3-10(8)2-1-9-4/h1-3,10H,(H,6,7). The van der Waals surface area contributed by atoms with Gasteiger partial charge >= 0.3 is 5.97 Å². The van der Waals surface area contributed by atoms with Crippen LogP contribution in [0.1, 0.15) is 0 Å². The van der Waals surface area contributed by atoms with Crippen LogP contribution in [0.2, 0.25) is 0 Å². The SMILES string of the molecule is O=C(O)C1=C[PH](=O)C=CO1. The minimum Gasteiger partial charge on any atom is -0.475 e. The average Bonchev–Trinajstić information content (AvgIpc) is 1.88. The average molecular weight is 160 g/mol. The van der Waals surface area contributed by atoms with Crippen LogP contribution < -0.4 is 0 Å². The van der Waals surface area contributed by atoms with E-state index in [1.807, 2.05) is 0 Å². The van der Waals surface area contributed by atoms with E-state index in [0.29, 0.717) is 0 Å². The Morgan fingerprint density at radius 1 is 1.70 bits per heavy atom. The molecule has 10 heavy (non-hydrogen) atoms. The molecule has 1 N–H and O–H groups in total. The highest BCUT2D eigenvalue weighted by Crippen LogP contribution is 2.30. The maximum Gasteiger partial charge on any atom is 0.371 e. The lowest BCUT2D eigenvalue weighted by Crippen LogP contribution is -2.02. The van der Waals surface area contributed by atoms with Crippen LogP contribution in [0, 0.1) is 0 Å². The lowest BCUT2D eigenvalue weighted by atomic mass is 10.6. The summed E-state index contributed by atoms with van der Waals surface area (Å²) in [5.41, 5.74) is 0. The van der Waals surface area contributed by atoms with Gasteiger partial charge < -0.3 is 14.4 Å². The van der Waals surface area contributed by atoms with Crippen molar-refractivity contribution < 1.29 is 19.2 Å². The van der Waals surface area contributed by atoms with Gasteiger partial charge in [0.15, 0.2) is 0 Å². The lowest BCUT2D eigenvalue weighted by molar-refractivity contribution is -0.135. The molecule has 1 aliphatic heterocycles. The third-order valence-electron chi connectivity index (χ3n) is 0.911. The van der Waals surface area contributed by atoms with Crippen LogP contribution in [0.3, 0.4) is 0 Å². The Bertz CT molecular complexity index is 240. The maximum absolute atomic E-state index is 10.7. The molecule has 0 saturated carbocycles. The summed E-state index contributed by atoms with van der Waals surface area (Å²) < 4.78 is 15.2. The second kappa shape index (κ2) is 2.71. The van der Waals surface area contributed by atoms with Gasteiger partial charge in [-0.05, 0) is 0 Å². The van der Waals surface area contributed by atoms with Crippen molar-refractivity contribution in [1.29, 1.82) is 0 Å². The summed E-state index contributed by atoms with van der Waals surface area (Å²) in [5, 5.41) is 8.31. The second-order valence-electron chi connectivity index (χ2n) is 1.64. The summed E-state index contributed by atoms with van der Waals surface area (Å²) in [5.74, 6) is 0.985. The Balaban J connectivity index is 2.81. The molecule has 0 saturated heterocycles. The highest BCUT2D eigenvalue weighted by molar-refractivity contribution is 7.51. The molecule has 1 rings (SSSR count). The molecule has 0 aliphatic carbocycles. The van der Waals surface area contributed by atoms with Crippen molar-refractivity contribution in [3.8, 4) is 0 Å². The van der Waals surface area contributed by atoms with Crippen LogP contribution in [0.4, 0.5) is 0 Å². The number of aliphatic carboxylic acids is 1. The van der Waals surface area contributed by atoms with Crippen LogP contribution in [0.5, 0.6) is 0 Å². The van der Waals surface area contributed by atoms with E-state index in [2.05, 4.69) is 4.74 Å². The topological polar surface area (TPSA) is 63.6 Å². The minimum atomic E-state index is -1.98.